The third-order valence-corrected chi connectivity index (χ3v) is 11.2. The van der Waals surface area contributed by atoms with E-state index in [9.17, 15) is 0 Å². The molecule has 3 heterocycles. The molecule has 0 atom stereocenters. The van der Waals surface area contributed by atoms with Crippen molar-refractivity contribution >= 4 is 43.6 Å². The van der Waals surface area contributed by atoms with E-state index in [0.717, 1.165) is 38.9 Å². The highest BCUT2D eigenvalue weighted by molar-refractivity contribution is 6.15. The Balaban J connectivity index is 1.11. The van der Waals surface area contributed by atoms with Crippen LogP contribution in [0.3, 0.4) is 0 Å². The first kappa shape index (κ1) is 32.0. The van der Waals surface area contributed by atoms with Crippen LogP contribution in [0.4, 0.5) is 0 Å². The topological polar surface area (TPSA) is 22.8 Å². The number of aromatic nitrogens is 3. The summed E-state index contributed by atoms with van der Waals surface area (Å²) in [4.78, 5) is 4.79. The summed E-state index contributed by atoms with van der Waals surface area (Å²) in [6.07, 6.45) is 4.02. The van der Waals surface area contributed by atoms with E-state index in [4.69, 9.17) is 4.98 Å². The number of nitrogens with zero attached hydrogens (tertiary/aromatic N) is 3. The van der Waals surface area contributed by atoms with Gasteiger partial charge in [0.2, 0.25) is 0 Å². The summed E-state index contributed by atoms with van der Waals surface area (Å²) in [5, 5.41) is 4.77. The van der Waals surface area contributed by atoms with Crippen molar-refractivity contribution < 1.29 is 0 Å². The number of hydrogen-bond donors (Lipinski definition) is 0. The molecule has 0 amide bonds. The Morgan fingerprint density at radius 1 is 0.286 bits per heavy atom. The van der Waals surface area contributed by atoms with Crippen molar-refractivity contribution in [2.75, 3.05) is 0 Å². The second-order valence-corrected chi connectivity index (χ2v) is 14.4. The molecule has 3 aromatic heterocycles. The molecule has 11 aromatic rings. The number of benzene rings is 8. The van der Waals surface area contributed by atoms with Gasteiger partial charge in [0.05, 0.1) is 22.1 Å². The first-order valence-electron chi connectivity index (χ1n) is 19.1. The van der Waals surface area contributed by atoms with Crippen molar-refractivity contribution in [3.63, 3.8) is 0 Å². The van der Waals surface area contributed by atoms with E-state index in [1.54, 1.807) is 0 Å². The van der Waals surface area contributed by atoms with Gasteiger partial charge in [0, 0.05) is 50.9 Å². The highest BCUT2D eigenvalue weighted by Gasteiger charge is 2.19. The molecule has 0 spiro atoms. The molecule has 56 heavy (non-hydrogen) atoms. The fraction of sp³-hybridized carbons (Fsp3) is 0. The summed E-state index contributed by atoms with van der Waals surface area (Å²) in [7, 11) is 0. The Morgan fingerprint density at radius 3 is 1.41 bits per heavy atom. The summed E-state index contributed by atoms with van der Waals surface area (Å²) in [5.74, 6) is 0. The van der Waals surface area contributed by atoms with Crippen LogP contribution in [0, 0.1) is 0 Å². The summed E-state index contributed by atoms with van der Waals surface area (Å²) in [5.41, 5.74) is 16.4. The van der Waals surface area contributed by atoms with Crippen LogP contribution in [0.15, 0.2) is 213 Å². The normalized spacial score (nSPS) is 11.6. The fourth-order valence-electron chi connectivity index (χ4n) is 8.58. The molecule has 0 aliphatic carbocycles. The van der Waals surface area contributed by atoms with Crippen LogP contribution in [0.2, 0.25) is 0 Å². The molecule has 0 saturated carbocycles. The number of para-hydroxylation sites is 2. The van der Waals surface area contributed by atoms with E-state index >= 15 is 0 Å². The molecule has 0 bridgehead atoms. The summed E-state index contributed by atoms with van der Waals surface area (Å²) in [6, 6.07) is 72.2. The Hall–Kier alpha value is -7.49. The van der Waals surface area contributed by atoms with Gasteiger partial charge in [-0.2, -0.15) is 0 Å². The maximum Gasteiger partial charge on any atom is 0.0650 e. The summed E-state index contributed by atoms with van der Waals surface area (Å²) >= 11 is 0. The summed E-state index contributed by atoms with van der Waals surface area (Å²) < 4.78 is 4.82. The standard InChI is InChI=1S/C53H35N3/c1-5-15-36(16-6-1)41-29-42(37-17-7-2-8-18-37)31-44(30-41)55-50-24-14-13-23-45(50)46-32-39(25-27-51(46)55)40-26-28-52-47(33-40)49-35-54-34-48(38-19-9-3-10-20-38)53(49)56(52)43-21-11-4-12-22-43/h1-35H. The number of rotatable bonds is 6. The van der Waals surface area contributed by atoms with Crippen molar-refractivity contribution in [1.82, 2.24) is 14.1 Å². The minimum atomic E-state index is 1.12. The number of fused-ring (bicyclic) bond motifs is 6. The van der Waals surface area contributed by atoms with E-state index in [0.29, 0.717) is 0 Å². The molecule has 0 aliphatic rings. The summed E-state index contributed by atoms with van der Waals surface area (Å²) in [6.45, 7) is 0. The lowest BCUT2D eigenvalue weighted by atomic mass is 9.98. The first-order valence-corrected chi connectivity index (χ1v) is 19.1. The van der Waals surface area contributed by atoms with Gasteiger partial charge in [-0.05, 0) is 99.6 Å². The van der Waals surface area contributed by atoms with Gasteiger partial charge in [-0.15, -0.1) is 0 Å². The molecule has 0 aliphatic heterocycles. The minimum absolute atomic E-state index is 1.12. The number of hydrogen-bond acceptors (Lipinski definition) is 1. The third kappa shape index (κ3) is 5.25. The van der Waals surface area contributed by atoms with Gasteiger partial charge in [0.1, 0.15) is 0 Å². The maximum atomic E-state index is 4.79. The quantitative estimate of drug-likeness (QED) is 0.168. The van der Waals surface area contributed by atoms with Crippen LogP contribution in [0.5, 0.6) is 0 Å². The predicted octanol–water partition coefficient (Wildman–Crippen LogP) is 13.9. The van der Waals surface area contributed by atoms with E-state index in [1.807, 2.05) is 12.4 Å². The third-order valence-electron chi connectivity index (χ3n) is 11.2. The largest absolute Gasteiger partial charge is 0.309 e. The molecule has 11 rings (SSSR count). The first-order chi connectivity index (χ1) is 27.8. The molecular formula is C53H35N3. The van der Waals surface area contributed by atoms with Crippen LogP contribution >= 0.6 is 0 Å². The van der Waals surface area contributed by atoms with Gasteiger partial charge < -0.3 is 9.13 Å². The van der Waals surface area contributed by atoms with Crippen LogP contribution in [0.25, 0.3) is 99.5 Å². The molecule has 3 heteroatoms. The van der Waals surface area contributed by atoms with Crippen molar-refractivity contribution in [3.8, 4) is 55.9 Å². The highest BCUT2D eigenvalue weighted by Crippen LogP contribution is 2.41. The van der Waals surface area contributed by atoms with E-state index in [-0.39, 0.29) is 0 Å². The molecule has 0 radical (unpaired) electrons. The molecular weight excluding hydrogens is 679 g/mol. The average Bonchev–Trinajstić information content (AvgIpc) is 3.80. The van der Waals surface area contributed by atoms with Gasteiger partial charge in [0.25, 0.3) is 0 Å². The van der Waals surface area contributed by atoms with Gasteiger partial charge in [-0.1, -0.05) is 140 Å². The molecule has 0 N–H and O–H groups in total. The molecule has 0 unspecified atom stereocenters. The molecule has 8 aromatic carbocycles. The maximum absolute atomic E-state index is 4.79. The van der Waals surface area contributed by atoms with Crippen LogP contribution < -0.4 is 0 Å². The van der Waals surface area contributed by atoms with Gasteiger partial charge in [-0.25, -0.2) is 0 Å². The van der Waals surface area contributed by atoms with Crippen molar-refractivity contribution in [2.24, 2.45) is 0 Å². The second-order valence-electron chi connectivity index (χ2n) is 14.4. The van der Waals surface area contributed by atoms with Gasteiger partial charge in [-0.3, -0.25) is 4.98 Å². The molecule has 3 nitrogen and oxygen atoms in total. The van der Waals surface area contributed by atoms with Gasteiger partial charge >= 0.3 is 0 Å². The van der Waals surface area contributed by atoms with Crippen LogP contribution in [-0.4, -0.2) is 14.1 Å². The van der Waals surface area contributed by atoms with Crippen LogP contribution in [0.1, 0.15) is 0 Å². The lowest BCUT2D eigenvalue weighted by Crippen LogP contribution is -1.96. The van der Waals surface area contributed by atoms with Crippen molar-refractivity contribution in [1.29, 1.82) is 0 Å². The Labute approximate surface area is 325 Å². The molecule has 262 valence electrons. The predicted molar refractivity (Wildman–Crippen MR) is 235 cm³/mol. The highest BCUT2D eigenvalue weighted by atomic mass is 15.0. The Kier molecular flexibility index (Phi) is 7.49. The lowest BCUT2D eigenvalue weighted by molar-refractivity contribution is 1.18. The zero-order valence-electron chi connectivity index (χ0n) is 30.5. The minimum Gasteiger partial charge on any atom is -0.309 e. The molecule has 0 fully saturated rings. The lowest BCUT2D eigenvalue weighted by Gasteiger charge is -2.14. The zero-order chi connectivity index (χ0) is 37.0. The van der Waals surface area contributed by atoms with E-state index in [2.05, 4.69) is 209 Å². The van der Waals surface area contributed by atoms with Crippen molar-refractivity contribution in [3.05, 3.63) is 213 Å². The van der Waals surface area contributed by atoms with E-state index in [1.165, 1.54) is 60.6 Å². The van der Waals surface area contributed by atoms with Crippen molar-refractivity contribution in [2.45, 2.75) is 0 Å². The fourth-order valence-corrected chi connectivity index (χ4v) is 8.58. The van der Waals surface area contributed by atoms with E-state index < -0.39 is 0 Å². The Morgan fingerprint density at radius 2 is 0.786 bits per heavy atom. The second kappa shape index (κ2) is 13.1. The SMILES string of the molecule is c1ccc(-c2cc(-c3ccccc3)cc(-n3c4ccccc4c4cc(-c5ccc6c(c5)c5cncc(-c7ccccc7)c5n6-c5ccccc5)ccc43)c2)cc1. The average molecular weight is 714 g/mol. The molecule has 0 saturated heterocycles. The monoisotopic (exact) mass is 713 g/mol. The number of pyridine rings is 1. The van der Waals surface area contributed by atoms with Gasteiger partial charge in [0.15, 0.2) is 0 Å². The van der Waals surface area contributed by atoms with Crippen LogP contribution in [-0.2, 0) is 0 Å². The Bertz CT molecular complexity index is 3160. The zero-order valence-corrected chi connectivity index (χ0v) is 30.5. The smallest absolute Gasteiger partial charge is 0.0650 e.